The van der Waals surface area contributed by atoms with Gasteiger partial charge >= 0.3 is 0 Å². The number of hydrogen-bond acceptors (Lipinski definition) is 4. The van der Waals surface area contributed by atoms with Crippen LogP contribution in [0.2, 0.25) is 0 Å². The van der Waals surface area contributed by atoms with Crippen LogP contribution < -0.4 is 19.7 Å². The molecular formula is C21H26N2O3. The topological polar surface area (TPSA) is 50.8 Å². The monoisotopic (exact) mass is 354 g/mol. The Balaban J connectivity index is 1.73. The number of para-hydroxylation sites is 1. The van der Waals surface area contributed by atoms with Crippen molar-refractivity contribution in [1.82, 2.24) is 0 Å². The summed E-state index contributed by atoms with van der Waals surface area (Å²) in [5.41, 5.74) is 3.11. The average Bonchev–Trinajstić information content (AvgIpc) is 2.64. The average molecular weight is 354 g/mol. The number of carbonyl (C=O) groups excluding carboxylic acids is 1. The molecule has 0 aliphatic carbocycles. The highest BCUT2D eigenvalue weighted by Crippen LogP contribution is 2.30. The van der Waals surface area contributed by atoms with Gasteiger partial charge in [0.1, 0.15) is 11.5 Å². The first kappa shape index (κ1) is 18.1. The first-order valence-electron chi connectivity index (χ1n) is 9.23. The van der Waals surface area contributed by atoms with Crippen LogP contribution in [0.5, 0.6) is 11.5 Å². The zero-order valence-corrected chi connectivity index (χ0v) is 15.5. The number of anilines is 2. The van der Waals surface area contributed by atoms with E-state index in [2.05, 4.69) is 28.4 Å². The third-order valence-electron chi connectivity index (χ3n) is 4.38. The zero-order chi connectivity index (χ0) is 18.4. The summed E-state index contributed by atoms with van der Waals surface area (Å²) in [4.78, 5) is 14.8. The maximum atomic E-state index is 12.7. The van der Waals surface area contributed by atoms with Crippen molar-refractivity contribution in [2.45, 2.75) is 26.7 Å². The van der Waals surface area contributed by atoms with E-state index in [1.165, 1.54) is 5.56 Å². The van der Waals surface area contributed by atoms with Crippen LogP contribution >= 0.6 is 0 Å². The van der Waals surface area contributed by atoms with E-state index in [0.29, 0.717) is 31.2 Å². The van der Waals surface area contributed by atoms with Crippen LogP contribution in [0.1, 0.15) is 25.8 Å². The lowest BCUT2D eigenvalue weighted by Crippen LogP contribution is -2.36. The van der Waals surface area contributed by atoms with E-state index >= 15 is 0 Å². The van der Waals surface area contributed by atoms with Crippen molar-refractivity contribution in [1.29, 1.82) is 0 Å². The second-order valence-corrected chi connectivity index (χ2v) is 6.23. The Morgan fingerprint density at radius 1 is 1.12 bits per heavy atom. The Morgan fingerprint density at radius 2 is 1.92 bits per heavy atom. The van der Waals surface area contributed by atoms with Crippen molar-refractivity contribution in [2.24, 2.45) is 0 Å². The van der Waals surface area contributed by atoms with Gasteiger partial charge in [0, 0.05) is 18.3 Å². The van der Waals surface area contributed by atoms with E-state index in [1.54, 1.807) is 0 Å². The smallest absolute Gasteiger partial charge is 0.243 e. The van der Waals surface area contributed by atoms with Crippen LogP contribution in [-0.4, -0.2) is 32.2 Å². The van der Waals surface area contributed by atoms with Gasteiger partial charge < -0.3 is 19.7 Å². The molecular weight excluding hydrogens is 328 g/mol. The molecule has 0 fully saturated rings. The minimum absolute atomic E-state index is 0.0590. The van der Waals surface area contributed by atoms with E-state index in [1.807, 2.05) is 38.1 Å². The highest BCUT2D eigenvalue weighted by molar-refractivity contribution is 5.95. The van der Waals surface area contributed by atoms with Crippen LogP contribution in [-0.2, 0) is 11.2 Å². The predicted molar refractivity (Wildman–Crippen MR) is 104 cm³/mol. The summed E-state index contributed by atoms with van der Waals surface area (Å²) < 4.78 is 11.2. The maximum Gasteiger partial charge on any atom is 0.243 e. The standard InChI is InChI=1S/C21H26N2O3/c1-3-25-17-11-12-20(26-4-2)18(14-17)22-21(24)15-23-13-7-9-16-8-5-6-10-19(16)23/h5-6,8,10-12,14H,3-4,7,9,13,15H2,1-2H3,(H,22,24). The van der Waals surface area contributed by atoms with E-state index in [-0.39, 0.29) is 5.91 Å². The minimum Gasteiger partial charge on any atom is -0.494 e. The Bertz CT molecular complexity index is 761. The van der Waals surface area contributed by atoms with E-state index in [9.17, 15) is 4.79 Å². The number of benzene rings is 2. The molecule has 26 heavy (non-hydrogen) atoms. The van der Waals surface area contributed by atoms with Gasteiger partial charge in [0.25, 0.3) is 0 Å². The Kier molecular flexibility index (Phi) is 6.00. The fraction of sp³-hybridized carbons (Fsp3) is 0.381. The number of amides is 1. The highest BCUT2D eigenvalue weighted by Gasteiger charge is 2.19. The highest BCUT2D eigenvalue weighted by atomic mass is 16.5. The van der Waals surface area contributed by atoms with Crippen LogP contribution in [0.25, 0.3) is 0 Å². The lowest BCUT2D eigenvalue weighted by Gasteiger charge is -2.30. The van der Waals surface area contributed by atoms with Crippen molar-refractivity contribution >= 4 is 17.3 Å². The maximum absolute atomic E-state index is 12.7. The normalized spacial score (nSPS) is 13.1. The molecule has 1 aliphatic rings. The van der Waals surface area contributed by atoms with E-state index < -0.39 is 0 Å². The summed E-state index contributed by atoms with van der Waals surface area (Å²) >= 11 is 0. The van der Waals surface area contributed by atoms with Crippen molar-refractivity contribution in [3.8, 4) is 11.5 Å². The molecule has 138 valence electrons. The van der Waals surface area contributed by atoms with Crippen LogP contribution in [0.3, 0.4) is 0 Å². The fourth-order valence-electron chi connectivity index (χ4n) is 3.28. The molecule has 0 unspecified atom stereocenters. The zero-order valence-electron chi connectivity index (χ0n) is 15.5. The Hall–Kier alpha value is -2.69. The molecule has 1 N–H and O–H groups in total. The molecule has 5 nitrogen and oxygen atoms in total. The molecule has 0 radical (unpaired) electrons. The molecule has 0 saturated heterocycles. The fourth-order valence-corrected chi connectivity index (χ4v) is 3.28. The summed E-state index contributed by atoms with van der Waals surface area (Å²) in [5.74, 6) is 1.31. The number of rotatable bonds is 7. The van der Waals surface area contributed by atoms with Crippen LogP contribution in [0, 0.1) is 0 Å². The number of carbonyl (C=O) groups is 1. The third kappa shape index (κ3) is 4.28. The van der Waals surface area contributed by atoms with E-state index in [4.69, 9.17) is 9.47 Å². The third-order valence-corrected chi connectivity index (χ3v) is 4.38. The number of hydrogen-bond donors (Lipinski definition) is 1. The Morgan fingerprint density at radius 3 is 2.73 bits per heavy atom. The van der Waals surface area contributed by atoms with E-state index in [0.717, 1.165) is 30.8 Å². The molecule has 0 saturated carbocycles. The predicted octanol–water partition coefficient (Wildman–Crippen LogP) is 3.88. The van der Waals surface area contributed by atoms with Gasteiger partial charge in [0.05, 0.1) is 25.4 Å². The lowest BCUT2D eigenvalue weighted by atomic mass is 10.0. The van der Waals surface area contributed by atoms with Crippen LogP contribution in [0.4, 0.5) is 11.4 Å². The van der Waals surface area contributed by atoms with Gasteiger partial charge in [-0.3, -0.25) is 4.79 Å². The summed E-state index contributed by atoms with van der Waals surface area (Å²) in [7, 11) is 0. The summed E-state index contributed by atoms with van der Waals surface area (Å²) in [6.45, 7) is 6.18. The first-order chi connectivity index (χ1) is 12.7. The summed E-state index contributed by atoms with van der Waals surface area (Å²) in [6, 6.07) is 13.8. The summed E-state index contributed by atoms with van der Waals surface area (Å²) in [5, 5.41) is 2.99. The van der Waals surface area contributed by atoms with Crippen molar-refractivity contribution in [2.75, 3.05) is 36.5 Å². The first-order valence-corrected chi connectivity index (χ1v) is 9.23. The SMILES string of the molecule is CCOc1ccc(OCC)c(NC(=O)CN2CCCc3ccccc32)c1. The quantitative estimate of drug-likeness (QED) is 0.820. The minimum atomic E-state index is -0.0590. The molecule has 0 spiro atoms. The molecule has 1 amide bonds. The van der Waals surface area contributed by atoms with Gasteiger partial charge in [-0.05, 0) is 50.5 Å². The second-order valence-electron chi connectivity index (χ2n) is 6.23. The summed E-state index contributed by atoms with van der Waals surface area (Å²) in [6.07, 6.45) is 2.13. The number of aryl methyl sites for hydroxylation is 1. The molecule has 0 aromatic heterocycles. The van der Waals surface area contributed by atoms with Crippen molar-refractivity contribution in [3.63, 3.8) is 0 Å². The second kappa shape index (κ2) is 8.61. The van der Waals surface area contributed by atoms with Crippen molar-refractivity contribution in [3.05, 3.63) is 48.0 Å². The molecule has 1 aliphatic heterocycles. The van der Waals surface area contributed by atoms with Gasteiger partial charge in [-0.15, -0.1) is 0 Å². The lowest BCUT2D eigenvalue weighted by molar-refractivity contribution is -0.115. The van der Waals surface area contributed by atoms with Gasteiger partial charge in [0.2, 0.25) is 5.91 Å². The molecule has 2 aromatic carbocycles. The molecule has 1 heterocycles. The van der Waals surface area contributed by atoms with Gasteiger partial charge in [-0.2, -0.15) is 0 Å². The molecule has 3 rings (SSSR count). The molecule has 0 bridgehead atoms. The largest absolute Gasteiger partial charge is 0.494 e. The molecule has 0 atom stereocenters. The molecule has 2 aromatic rings. The number of ether oxygens (including phenoxy) is 2. The number of nitrogens with one attached hydrogen (secondary N) is 1. The van der Waals surface area contributed by atoms with Gasteiger partial charge in [-0.1, -0.05) is 18.2 Å². The Labute approximate surface area is 154 Å². The van der Waals surface area contributed by atoms with Crippen molar-refractivity contribution < 1.29 is 14.3 Å². The number of fused-ring (bicyclic) bond motifs is 1. The molecule has 5 heteroatoms. The van der Waals surface area contributed by atoms with Crippen LogP contribution in [0.15, 0.2) is 42.5 Å². The van der Waals surface area contributed by atoms with Gasteiger partial charge in [-0.25, -0.2) is 0 Å². The number of nitrogens with zero attached hydrogens (tertiary/aromatic N) is 1. The van der Waals surface area contributed by atoms with Gasteiger partial charge in [0.15, 0.2) is 0 Å².